The van der Waals surface area contributed by atoms with Crippen molar-refractivity contribution in [3.63, 3.8) is 0 Å². The van der Waals surface area contributed by atoms with Crippen molar-refractivity contribution in [2.75, 3.05) is 6.79 Å². The van der Waals surface area contributed by atoms with Crippen LogP contribution in [0.4, 0.5) is 0 Å². The largest absolute Gasteiger partial charge is 0.454 e. The number of fused-ring (bicyclic) bond motifs is 1. The van der Waals surface area contributed by atoms with Crippen molar-refractivity contribution in [2.45, 2.75) is 0 Å². The molecule has 5 nitrogen and oxygen atoms in total. The molecule has 0 atom stereocenters. The van der Waals surface area contributed by atoms with Crippen LogP contribution in [-0.4, -0.2) is 17.7 Å². The van der Waals surface area contributed by atoms with Crippen LogP contribution in [0.1, 0.15) is 10.4 Å². The Bertz CT molecular complexity index is 904. The first-order valence-corrected chi connectivity index (χ1v) is 7.84. The van der Waals surface area contributed by atoms with Crippen LogP contribution >= 0.6 is 11.3 Å². The maximum atomic E-state index is 11.3. The Morgan fingerprint density at radius 3 is 2.83 bits per heavy atom. The van der Waals surface area contributed by atoms with Crippen LogP contribution in [0.5, 0.6) is 11.5 Å². The molecule has 0 fully saturated rings. The fraction of sp³-hybridized carbons (Fsp3) is 0.0588. The van der Waals surface area contributed by atoms with Crippen LogP contribution in [0.15, 0.2) is 47.8 Å². The van der Waals surface area contributed by atoms with E-state index in [-0.39, 0.29) is 6.79 Å². The van der Waals surface area contributed by atoms with Gasteiger partial charge in [-0.3, -0.25) is 4.79 Å². The van der Waals surface area contributed by atoms with E-state index in [9.17, 15) is 4.79 Å². The summed E-state index contributed by atoms with van der Waals surface area (Å²) in [6.45, 7) is 0.251. The molecule has 1 aliphatic rings. The van der Waals surface area contributed by atoms with Crippen molar-refractivity contribution in [1.29, 1.82) is 0 Å². The predicted octanol–water partition coefficient (Wildman–Crippen LogP) is 3.30. The molecule has 1 aliphatic heterocycles. The number of nitrogens with zero attached hydrogens (tertiary/aromatic N) is 1. The van der Waals surface area contributed by atoms with Crippen molar-refractivity contribution < 1.29 is 14.3 Å². The van der Waals surface area contributed by atoms with Gasteiger partial charge in [-0.15, -0.1) is 11.3 Å². The highest BCUT2D eigenvalue weighted by molar-refractivity contribution is 7.13. The molecule has 0 saturated heterocycles. The molecule has 0 spiro atoms. The van der Waals surface area contributed by atoms with E-state index in [0.717, 1.165) is 33.3 Å². The third-order valence-corrected chi connectivity index (χ3v) is 4.46. The number of hydrogen-bond acceptors (Lipinski definition) is 5. The second-order valence-corrected chi connectivity index (χ2v) is 5.91. The number of benzene rings is 2. The molecule has 4 rings (SSSR count). The summed E-state index contributed by atoms with van der Waals surface area (Å²) >= 11 is 1.52. The van der Waals surface area contributed by atoms with Gasteiger partial charge in [0.2, 0.25) is 12.7 Å². The molecule has 0 radical (unpaired) electrons. The third-order valence-electron chi connectivity index (χ3n) is 3.57. The lowest BCUT2D eigenvalue weighted by Gasteiger charge is -2.00. The van der Waals surface area contributed by atoms with Crippen molar-refractivity contribution in [2.24, 2.45) is 5.73 Å². The molecule has 0 bridgehead atoms. The lowest BCUT2D eigenvalue weighted by molar-refractivity contribution is 0.100. The van der Waals surface area contributed by atoms with Crippen LogP contribution < -0.4 is 15.2 Å². The summed E-state index contributed by atoms with van der Waals surface area (Å²) in [6, 6.07) is 12.9. The second-order valence-electron chi connectivity index (χ2n) is 5.05. The minimum absolute atomic E-state index is 0.251. The minimum Gasteiger partial charge on any atom is -0.454 e. The van der Waals surface area contributed by atoms with Gasteiger partial charge in [0.25, 0.3) is 0 Å². The number of carbonyl (C=O) groups excluding carboxylic acids is 1. The zero-order valence-electron chi connectivity index (χ0n) is 12.0. The third kappa shape index (κ3) is 2.53. The van der Waals surface area contributed by atoms with E-state index in [1.807, 2.05) is 29.6 Å². The Labute approximate surface area is 136 Å². The van der Waals surface area contributed by atoms with E-state index in [1.165, 1.54) is 11.3 Å². The van der Waals surface area contributed by atoms with Gasteiger partial charge in [0, 0.05) is 22.1 Å². The van der Waals surface area contributed by atoms with Gasteiger partial charge in [-0.05, 0) is 30.3 Å². The predicted molar refractivity (Wildman–Crippen MR) is 87.6 cm³/mol. The summed E-state index contributed by atoms with van der Waals surface area (Å²) in [7, 11) is 0. The Morgan fingerprint density at radius 1 is 1.09 bits per heavy atom. The second kappa shape index (κ2) is 5.40. The molecular weight excluding hydrogens is 312 g/mol. The summed E-state index contributed by atoms with van der Waals surface area (Å²) in [6.07, 6.45) is 0. The molecule has 1 aromatic heterocycles. The molecule has 0 unspecified atom stereocenters. The lowest BCUT2D eigenvalue weighted by atomic mass is 10.1. The number of ether oxygens (including phenoxy) is 2. The first-order valence-electron chi connectivity index (χ1n) is 6.96. The SMILES string of the molecule is NC(=O)c1cccc(-c2nc(-c3ccc4c(c3)OCO4)cs2)c1. The van der Waals surface area contributed by atoms with Gasteiger partial charge in [-0.1, -0.05) is 12.1 Å². The Balaban J connectivity index is 1.69. The molecule has 0 saturated carbocycles. The Hall–Kier alpha value is -2.86. The molecule has 23 heavy (non-hydrogen) atoms. The fourth-order valence-corrected chi connectivity index (χ4v) is 3.23. The topological polar surface area (TPSA) is 74.4 Å². The fourth-order valence-electron chi connectivity index (χ4n) is 2.40. The molecule has 2 N–H and O–H groups in total. The first kappa shape index (κ1) is 13.8. The average Bonchev–Trinajstić information content (AvgIpc) is 3.23. The van der Waals surface area contributed by atoms with Crippen molar-refractivity contribution in [3.05, 3.63) is 53.4 Å². The minimum atomic E-state index is -0.445. The quantitative estimate of drug-likeness (QED) is 0.802. The first-order chi connectivity index (χ1) is 11.2. The molecule has 0 aliphatic carbocycles. The summed E-state index contributed by atoms with van der Waals surface area (Å²) in [5, 5.41) is 2.81. The number of nitrogens with two attached hydrogens (primary N) is 1. The van der Waals surface area contributed by atoms with E-state index >= 15 is 0 Å². The summed E-state index contributed by atoms with van der Waals surface area (Å²) < 4.78 is 10.7. The van der Waals surface area contributed by atoms with Gasteiger partial charge in [0.1, 0.15) is 5.01 Å². The number of hydrogen-bond donors (Lipinski definition) is 1. The van der Waals surface area contributed by atoms with Crippen LogP contribution in [0.3, 0.4) is 0 Å². The highest BCUT2D eigenvalue weighted by atomic mass is 32.1. The van der Waals surface area contributed by atoms with E-state index in [0.29, 0.717) is 5.56 Å². The molecule has 2 aromatic carbocycles. The smallest absolute Gasteiger partial charge is 0.248 e. The van der Waals surface area contributed by atoms with E-state index in [4.69, 9.17) is 15.2 Å². The van der Waals surface area contributed by atoms with E-state index < -0.39 is 5.91 Å². The van der Waals surface area contributed by atoms with Gasteiger partial charge in [-0.25, -0.2) is 4.98 Å². The lowest BCUT2D eigenvalue weighted by Crippen LogP contribution is -2.10. The normalized spacial score (nSPS) is 12.3. The number of aromatic nitrogens is 1. The van der Waals surface area contributed by atoms with Gasteiger partial charge in [0.15, 0.2) is 11.5 Å². The van der Waals surface area contributed by atoms with Gasteiger partial charge in [-0.2, -0.15) is 0 Å². The maximum Gasteiger partial charge on any atom is 0.248 e. The molecule has 1 amide bonds. The van der Waals surface area contributed by atoms with Crippen LogP contribution in [0.2, 0.25) is 0 Å². The van der Waals surface area contributed by atoms with Gasteiger partial charge in [0.05, 0.1) is 5.69 Å². The molecule has 2 heterocycles. The van der Waals surface area contributed by atoms with Crippen molar-refractivity contribution >= 4 is 17.2 Å². The Morgan fingerprint density at radius 2 is 1.96 bits per heavy atom. The number of primary amides is 1. The Kier molecular flexibility index (Phi) is 3.24. The maximum absolute atomic E-state index is 11.3. The standard InChI is InChI=1S/C17H12N2O3S/c18-16(20)11-2-1-3-12(6-11)17-19-13(8-23-17)10-4-5-14-15(7-10)22-9-21-14/h1-8H,9H2,(H2,18,20). The zero-order valence-corrected chi connectivity index (χ0v) is 12.8. The number of amides is 1. The van der Waals surface area contributed by atoms with Gasteiger partial charge < -0.3 is 15.2 Å². The summed E-state index contributed by atoms with van der Waals surface area (Å²) in [5.41, 5.74) is 8.49. The van der Waals surface area contributed by atoms with Crippen LogP contribution in [0, 0.1) is 0 Å². The monoisotopic (exact) mass is 324 g/mol. The highest BCUT2D eigenvalue weighted by Gasteiger charge is 2.15. The molecule has 3 aromatic rings. The number of thiazole rings is 1. The van der Waals surface area contributed by atoms with Crippen LogP contribution in [-0.2, 0) is 0 Å². The molecular formula is C17H12N2O3S. The van der Waals surface area contributed by atoms with E-state index in [1.54, 1.807) is 18.2 Å². The zero-order chi connectivity index (χ0) is 15.8. The number of rotatable bonds is 3. The summed E-state index contributed by atoms with van der Waals surface area (Å²) in [5.74, 6) is 1.03. The van der Waals surface area contributed by atoms with E-state index in [2.05, 4.69) is 4.98 Å². The van der Waals surface area contributed by atoms with Gasteiger partial charge >= 0.3 is 0 Å². The average molecular weight is 324 g/mol. The molecule has 114 valence electrons. The van der Waals surface area contributed by atoms with Crippen molar-refractivity contribution in [1.82, 2.24) is 4.98 Å². The van der Waals surface area contributed by atoms with Crippen molar-refractivity contribution in [3.8, 4) is 33.3 Å². The summed E-state index contributed by atoms with van der Waals surface area (Å²) in [4.78, 5) is 15.9. The van der Waals surface area contributed by atoms with Crippen LogP contribution in [0.25, 0.3) is 21.8 Å². The molecule has 6 heteroatoms. The number of carbonyl (C=O) groups is 1. The highest BCUT2D eigenvalue weighted by Crippen LogP contribution is 2.37.